The molecule has 24 heavy (non-hydrogen) atoms. The molecule has 7 nitrogen and oxygen atoms in total. The van der Waals surface area contributed by atoms with Crippen molar-refractivity contribution in [1.29, 1.82) is 0 Å². The number of nitrogens with one attached hydrogen (secondary N) is 1. The molecule has 1 aromatic rings. The van der Waals surface area contributed by atoms with Crippen molar-refractivity contribution in [3.63, 3.8) is 0 Å². The first-order chi connectivity index (χ1) is 11.3. The molecule has 0 spiro atoms. The summed E-state index contributed by atoms with van der Waals surface area (Å²) in [6.07, 6.45) is 4.32. The van der Waals surface area contributed by atoms with Gasteiger partial charge in [-0.2, -0.15) is 0 Å². The highest BCUT2D eigenvalue weighted by Crippen LogP contribution is 2.33. The van der Waals surface area contributed by atoms with Crippen molar-refractivity contribution < 1.29 is 19.6 Å². The lowest BCUT2D eigenvalue weighted by molar-refractivity contribution is -0.385. The molecule has 1 saturated carbocycles. The summed E-state index contributed by atoms with van der Waals surface area (Å²) < 4.78 is 0.471. The third-order valence-electron chi connectivity index (χ3n) is 4.64. The van der Waals surface area contributed by atoms with E-state index in [0.717, 1.165) is 19.3 Å². The molecule has 2 rings (SSSR count). The predicted molar refractivity (Wildman–Crippen MR) is 90.9 cm³/mol. The van der Waals surface area contributed by atoms with E-state index in [0.29, 0.717) is 17.3 Å². The van der Waals surface area contributed by atoms with Crippen LogP contribution in [0.25, 0.3) is 0 Å². The molecule has 8 heteroatoms. The number of benzene rings is 1. The largest absolute Gasteiger partial charge is 0.480 e. The molecule has 0 unspecified atom stereocenters. The van der Waals surface area contributed by atoms with Crippen LogP contribution in [0, 0.1) is 16.0 Å². The molecule has 1 aromatic carbocycles. The normalized spacial score (nSPS) is 17.8. The summed E-state index contributed by atoms with van der Waals surface area (Å²) in [4.78, 5) is 34.9. The maximum absolute atomic E-state index is 12.5. The van der Waals surface area contributed by atoms with Gasteiger partial charge >= 0.3 is 5.97 Å². The van der Waals surface area contributed by atoms with Crippen LogP contribution in [-0.4, -0.2) is 27.4 Å². The fourth-order valence-corrected chi connectivity index (χ4v) is 3.51. The van der Waals surface area contributed by atoms with Gasteiger partial charge in [0.15, 0.2) is 0 Å². The van der Waals surface area contributed by atoms with E-state index in [9.17, 15) is 24.8 Å². The van der Waals surface area contributed by atoms with E-state index < -0.39 is 22.3 Å². The molecule has 0 heterocycles. The van der Waals surface area contributed by atoms with E-state index in [-0.39, 0.29) is 17.2 Å². The lowest BCUT2D eigenvalue weighted by Gasteiger charge is -2.37. The van der Waals surface area contributed by atoms with E-state index in [4.69, 9.17) is 0 Å². The number of carbonyl (C=O) groups is 2. The van der Waals surface area contributed by atoms with Gasteiger partial charge in [0, 0.05) is 10.5 Å². The summed E-state index contributed by atoms with van der Waals surface area (Å²) in [6.45, 7) is 1.48. The SMILES string of the molecule is C[C@@](NC(=O)c1ccc(Br)cc1[N+](=O)[O-])(C(=O)O)C1CCCCC1. The van der Waals surface area contributed by atoms with Crippen LogP contribution >= 0.6 is 15.9 Å². The Labute approximate surface area is 147 Å². The van der Waals surface area contributed by atoms with E-state index in [1.165, 1.54) is 25.1 Å². The summed E-state index contributed by atoms with van der Waals surface area (Å²) in [5.41, 5.74) is -1.96. The van der Waals surface area contributed by atoms with Gasteiger partial charge in [0.1, 0.15) is 11.1 Å². The van der Waals surface area contributed by atoms with Crippen molar-refractivity contribution >= 4 is 33.5 Å². The lowest BCUT2D eigenvalue weighted by Crippen LogP contribution is -2.57. The number of nitro benzene ring substituents is 1. The summed E-state index contributed by atoms with van der Waals surface area (Å²) in [5, 5.41) is 23.4. The van der Waals surface area contributed by atoms with Crippen molar-refractivity contribution in [2.45, 2.75) is 44.6 Å². The Balaban J connectivity index is 2.32. The van der Waals surface area contributed by atoms with E-state index in [1.54, 1.807) is 0 Å². The van der Waals surface area contributed by atoms with Gasteiger partial charge in [0.05, 0.1) is 4.92 Å². The number of halogens is 1. The minimum absolute atomic E-state index is 0.147. The number of hydrogen-bond acceptors (Lipinski definition) is 4. The highest BCUT2D eigenvalue weighted by molar-refractivity contribution is 9.10. The number of rotatable bonds is 5. The van der Waals surface area contributed by atoms with Crippen molar-refractivity contribution in [3.8, 4) is 0 Å². The zero-order valence-electron chi connectivity index (χ0n) is 13.3. The number of aliphatic carboxylic acids is 1. The Morgan fingerprint density at radius 2 is 1.96 bits per heavy atom. The minimum atomic E-state index is -1.45. The second-order valence-corrected chi connectivity index (χ2v) is 7.13. The van der Waals surface area contributed by atoms with Gasteiger partial charge < -0.3 is 10.4 Å². The van der Waals surface area contributed by atoms with Gasteiger partial charge in [0.2, 0.25) is 0 Å². The molecule has 2 N–H and O–H groups in total. The molecule has 1 aliphatic rings. The smallest absolute Gasteiger partial charge is 0.329 e. The molecular formula is C16H19BrN2O5. The summed E-state index contributed by atoms with van der Waals surface area (Å²) in [7, 11) is 0. The molecule has 1 aliphatic carbocycles. The second-order valence-electron chi connectivity index (χ2n) is 6.22. The first-order valence-corrected chi connectivity index (χ1v) is 8.55. The Morgan fingerprint density at radius 3 is 2.50 bits per heavy atom. The van der Waals surface area contributed by atoms with Crippen LogP contribution in [0.4, 0.5) is 5.69 Å². The fraction of sp³-hybridized carbons (Fsp3) is 0.500. The van der Waals surface area contributed by atoms with Crippen molar-refractivity contribution in [3.05, 3.63) is 38.3 Å². The summed E-state index contributed by atoms with van der Waals surface area (Å²) in [6, 6.07) is 4.06. The Kier molecular flexibility index (Phi) is 5.58. The molecule has 1 atom stereocenters. The van der Waals surface area contributed by atoms with Crippen LogP contribution in [-0.2, 0) is 4.79 Å². The fourth-order valence-electron chi connectivity index (χ4n) is 3.16. The molecular weight excluding hydrogens is 380 g/mol. The van der Waals surface area contributed by atoms with Gasteiger partial charge in [-0.1, -0.05) is 35.2 Å². The number of hydrogen-bond donors (Lipinski definition) is 2. The maximum atomic E-state index is 12.5. The lowest BCUT2D eigenvalue weighted by atomic mass is 9.75. The summed E-state index contributed by atoms with van der Waals surface area (Å²) in [5.74, 6) is -2.06. The van der Waals surface area contributed by atoms with Crippen molar-refractivity contribution in [2.75, 3.05) is 0 Å². The van der Waals surface area contributed by atoms with Gasteiger partial charge in [0.25, 0.3) is 11.6 Å². The van der Waals surface area contributed by atoms with Crippen LogP contribution < -0.4 is 5.32 Å². The third kappa shape index (κ3) is 3.75. The standard InChI is InChI=1S/C16H19BrN2O5/c1-16(15(21)22,10-5-3-2-4-6-10)18-14(20)12-8-7-11(17)9-13(12)19(23)24/h7-10H,2-6H2,1H3,(H,18,20)(H,21,22)/t16-/m0/s1. The molecule has 1 amide bonds. The zero-order valence-corrected chi connectivity index (χ0v) is 14.8. The van der Waals surface area contributed by atoms with Crippen molar-refractivity contribution in [2.24, 2.45) is 5.92 Å². The van der Waals surface area contributed by atoms with Crippen LogP contribution in [0.2, 0.25) is 0 Å². The van der Waals surface area contributed by atoms with Gasteiger partial charge in [-0.3, -0.25) is 14.9 Å². The van der Waals surface area contributed by atoms with Gasteiger partial charge in [-0.15, -0.1) is 0 Å². The van der Waals surface area contributed by atoms with Gasteiger partial charge in [-0.05, 0) is 37.8 Å². The number of carbonyl (C=O) groups excluding carboxylic acids is 1. The number of nitro groups is 1. The molecule has 130 valence electrons. The molecule has 0 bridgehead atoms. The average molecular weight is 399 g/mol. The van der Waals surface area contributed by atoms with E-state index in [1.807, 2.05) is 0 Å². The first-order valence-electron chi connectivity index (χ1n) is 7.75. The molecule has 0 radical (unpaired) electrons. The minimum Gasteiger partial charge on any atom is -0.480 e. The predicted octanol–water partition coefficient (Wildman–Crippen LogP) is 3.51. The molecule has 1 fully saturated rings. The quantitative estimate of drug-likeness (QED) is 0.582. The Hall–Kier alpha value is -1.96. The Bertz CT molecular complexity index is 672. The van der Waals surface area contributed by atoms with E-state index >= 15 is 0 Å². The average Bonchev–Trinajstić information content (AvgIpc) is 2.55. The zero-order chi connectivity index (χ0) is 17.9. The topological polar surface area (TPSA) is 110 Å². The first kappa shape index (κ1) is 18.4. The number of carboxylic acid groups (broad SMARTS) is 1. The highest BCUT2D eigenvalue weighted by Gasteiger charge is 2.43. The van der Waals surface area contributed by atoms with Crippen molar-refractivity contribution in [1.82, 2.24) is 5.32 Å². The summed E-state index contributed by atoms with van der Waals surface area (Å²) >= 11 is 3.13. The van der Waals surface area contributed by atoms with Crippen LogP contribution in [0.1, 0.15) is 49.4 Å². The highest BCUT2D eigenvalue weighted by atomic mass is 79.9. The monoisotopic (exact) mass is 398 g/mol. The van der Waals surface area contributed by atoms with Crippen LogP contribution in [0.5, 0.6) is 0 Å². The molecule has 0 aromatic heterocycles. The number of amides is 1. The Morgan fingerprint density at radius 1 is 1.33 bits per heavy atom. The number of carboxylic acids is 1. The van der Waals surface area contributed by atoms with Gasteiger partial charge in [-0.25, -0.2) is 4.79 Å². The molecule has 0 aliphatic heterocycles. The van der Waals surface area contributed by atoms with Crippen LogP contribution in [0.15, 0.2) is 22.7 Å². The number of nitrogens with zero attached hydrogens (tertiary/aromatic N) is 1. The maximum Gasteiger partial charge on any atom is 0.329 e. The van der Waals surface area contributed by atoms with Crippen LogP contribution in [0.3, 0.4) is 0 Å². The molecule has 0 saturated heterocycles. The third-order valence-corrected chi connectivity index (χ3v) is 5.13. The van der Waals surface area contributed by atoms with E-state index in [2.05, 4.69) is 21.2 Å². The second kappa shape index (κ2) is 7.29.